The maximum absolute atomic E-state index is 12.3. The predicted molar refractivity (Wildman–Crippen MR) is 97.1 cm³/mol. The number of benzene rings is 2. The lowest BCUT2D eigenvalue weighted by atomic mass is 10.1. The van der Waals surface area contributed by atoms with Gasteiger partial charge in [-0.1, -0.05) is 29.8 Å². The molecule has 0 aliphatic carbocycles. The maximum atomic E-state index is 12.3. The second-order valence-corrected chi connectivity index (χ2v) is 5.59. The normalized spacial score (nSPS) is 10.2. The van der Waals surface area contributed by atoms with Crippen LogP contribution in [0.5, 0.6) is 5.75 Å². The lowest BCUT2D eigenvalue weighted by molar-refractivity contribution is 0.0735. The zero-order chi connectivity index (χ0) is 18.7. The Balaban J connectivity index is 1.95. The van der Waals surface area contributed by atoms with Crippen molar-refractivity contribution in [2.45, 2.75) is 6.92 Å². The van der Waals surface area contributed by atoms with Crippen molar-refractivity contribution in [3.63, 3.8) is 0 Å². The second-order valence-electron chi connectivity index (χ2n) is 5.59. The number of hydrogen-bond acceptors (Lipinski definition) is 7. The average molecular weight is 345 g/mol. The minimum Gasteiger partial charge on any atom is -0.423 e. The summed E-state index contributed by atoms with van der Waals surface area (Å²) in [4.78, 5) is 20.2. The largest absolute Gasteiger partial charge is 0.423 e. The summed E-state index contributed by atoms with van der Waals surface area (Å²) in [5.41, 5.74) is 13.7. The number of carbonyl (C=O) groups is 1. The van der Waals surface area contributed by atoms with Crippen molar-refractivity contribution in [3.8, 4) is 23.1 Å². The van der Waals surface area contributed by atoms with E-state index in [1.165, 1.54) is 0 Å². The van der Waals surface area contributed by atoms with E-state index in [1.54, 1.807) is 42.5 Å². The van der Waals surface area contributed by atoms with Crippen LogP contribution in [-0.4, -0.2) is 15.9 Å². The first kappa shape index (κ1) is 16.9. The monoisotopic (exact) mass is 345 g/mol. The third kappa shape index (κ3) is 3.44. The van der Waals surface area contributed by atoms with Gasteiger partial charge in [0.2, 0.25) is 5.95 Å². The van der Waals surface area contributed by atoms with Crippen molar-refractivity contribution in [1.29, 1.82) is 5.26 Å². The number of nitrogen functional groups attached to an aromatic ring is 2. The molecule has 3 aromatic rings. The van der Waals surface area contributed by atoms with E-state index >= 15 is 0 Å². The van der Waals surface area contributed by atoms with Crippen LogP contribution in [0.25, 0.3) is 11.3 Å². The predicted octanol–water partition coefficient (Wildman–Crippen LogP) is 2.71. The van der Waals surface area contributed by atoms with Crippen LogP contribution in [0.1, 0.15) is 21.5 Å². The molecule has 0 amide bonds. The first-order chi connectivity index (χ1) is 12.5. The van der Waals surface area contributed by atoms with E-state index in [0.29, 0.717) is 16.9 Å². The molecule has 1 heterocycles. The van der Waals surface area contributed by atoms with Gasteiger partial charge in [0, 0.05) is 5.56 Å². The van der Waals surface area contributed by atoms with Crippen LogP contribution in [0.3, 0.4) is 0 Å². The van der Waals surface area contributed by atoms with Crippen molar-refractivity contribution in [3.05, 3.63) is 65.2 Å². The molecule has 4 N–H and O–H groups in total. The van der Waals surface area contributed by atoms with Gasteiger partial charge in [-0.25, -0.2) is 9.78 Å². The Bertz CT molecular complexity index is 1040. The molecule has 0 saturated carbocycles. The van der Waals surface area contributed by atoms with E-state index in [0.717, 1.165) is 5.56 Å². The van der Waals surface area contributed by atoms with Gasteiger partial charge in [-0.15, -0.1) is 0 Å². The van der Waals surface area contributed by atoms with Crippen LogP contribution >= 0.6 is 0 Å². The molecule has 1 aromatic heterocycles. The summed E-state index contributed by atoms with van der Waals surface area (Å²) >= 11 is 0. The Morgan fingerprint density at radius 2 is 1.88 bits per heavy atom. The lowest BCUT2D eigenvalue weighted by Gasteiger charge is -2.09. The maximum Gasteiger partial charge on any atom is 0.343 e. The van der Waals surface area contributed by atoms with Gasteiger partial charge < -0.3 is 16.2 Å². The van der Waals surface area contributed by atoms with Crippen LogP contribution in [0.2, 0.25) is 0 Å². The molecule has 0 saturated heterocycles. The molecule has 0 spiro atoms. The Labute approximate surface area is 149 Å². The van der Waals surface area contributed by atoms with Gasteiger partial charge in [-0.05, 0) is 31.2 Å². The average Bonchev–Trinajstić information content (AvgIpc) is 2.61. The molecule has 128 valence electrons. The van der Waals surface area contributed by atoms with Crippen molar-refractivity contribution in [2.75, 3.05) is 11.5 Å². The fourth-order valence-corrected chi connectivity index (χ4v) is 2.46. The molecule has 0 unspecified atom stereocenters. The van der Waals surface area contributed by atoms with E-state index in [2.05, 4.69) is 9.97 Å². The minimum atomic E-state index is -0.479. The molecule has 7 heteroatoms. The summed E-state index contributed by atoms with van der Waals surface area (Å²) < 4.78 is 5.42. The Hall–Kier alpha value is -3.92. The van der Waals surface area contributed by atoms with E-state index in [4.69, 9.17) is 16.2 Å². The number of carbonyl (C=O) groups excluding carboxylic acids is 1. The molecule has 0 radical (unpaired) electrons. The zero-order valence-electron chi connectivity index (χ0n) is 13.9. The molecular weight excluding hydrogens is 330 g/mol. The highest BCUT2D eigenvalue weighted by Crippen LogP contribution is 2.28. The number of ether oxygens (including phenoxy) is 1. The Morgan fingerprint density at radius 3 is 2.62 bits per heavy atom. The zero-order valence-corrected chi connectivity index (χ0v) is 13.9. The number of rotatable bonds is 3. The third-order valence-corrected chi connectivity index (χ3v) is 3.64. The van der Waals surface area contributed by atoms with E-state index in [1.807, 2.05) is 19.1 Å². The highest BCUT2D eigenvalue weighted by Gasteiger charge is 2.15. The molecule has 7 nitrogen and oxygen atoms in total. The number of nitrogens with two attached hydrogens (primary N) is 2. The third-order valence-electron chi connectivity index (χ3n) is 3.64. The second kappa shape index (κ2) is 6.91. The number of aryl methyl sites for hydroxylation is 1. The summed E-state index contributed by atoms with van der Waals surface area (Å²) in [5.74, 6) is -0.211. The summed E-state index contributed by atoms with van der Waals surface area (Å²) in [7, 11) is 0. The van der Waals surface area contributed by atoms with Gasteiger partial charge in [0.1, 0.15) is 23.2 Å². The van der Waals surface area contributed by atoms with Gasteiger partial charge in [0.25, 0.3) is 0 Å². The smallest absolute Gasteiger partial charge is 0.343 e. The van der Waals surface area contributed by atoms with Crippen molar-refractivity contribution in [2.24, 2.45) is 0 Å². The quantitative estimate of drug-likeness (QED) is 0.551. The first-order valence-corrected chi connectivity index (χ1v) is 7.70. The van der Waals surface area contributed by atoms with Crippen LogP contribution in [-0.2, 0) is 0 Å². The molecule has 26 heavy (non-hydrogen) atoms. The molecule has 0 bridgehead atoms. The summed E-state index contributed by atoms with van der Waals surface area (Å²) in [6.07, 6.45) is 0. The van der Waals surface area contributed by atoms with Gasteiger partial charge in [0.15, 0.2) is 0 Å². The van der Waals surface area contributed by atoms with Gasteiger partial charge in [0.05, 0.1) is 11.3 Å². The Morgan fingerprint density at radius 1 is 1.12 bits per heavy atom. The molecule has 3 rings (SSSR count). The SMILES string of the molecule is Cc1cccc(C(=O)Oc2cccc(-c3nc(N)nc(N)c3C#N)c2)c1. The fourth-order valence-electron chi connectivity index (χ4n) is 2.46. The number of esters is 1. The van der Waals surface area contributed by atoms with Crippen molar-refractivity contribution < 1.29 is 9.53 Å². The number of hydrogen-bond donors (Lipinski definition) is 2. The highest BCUT2D eigenvalue weighted by molar-refractivity contribution is 5.91. The van der Waals surface area contributed by atoms with E-state index in [9.17, 15) is 10.1 Å². The van der Waals surface area contributed by atoms with Gasteiger partial charge >= 0.3 is 5.97 Å². The highest BCUT2D eigenvalue weighted by atomic mass is 16.5. The summed E-state index contributed by atoms with van der Waals surface area (Å²) in [6, 6.07) is 15.7. The topological polar surface area (TPSA) is 128 Å². The minimum absolute atomic E-state index is 0.00263. The number of anilines is 2. The van der Waals surface area contributed by atoms with Crippen LogP contribution in [0.15, 0.2) is 48.5 Å². The van der Waals surface area contributed by atoms with Crippen molar-refractivity contribution in [1.82, 2.24) is 9.97 Å². The molecule has 0 aliphatic rings. The Kier molecular flexibility index (Phi) is 4.50. The molecule has 0 fully saturated rings. The van der Waals surface area contributed by atoms with Crippen LogP contribution in [0.4, 0.5) is 11.8 Å². The van der Waals surface area contributed by atoms with Gasteiger partial charge in [-0.2, -0.15) is 10.2 Å². The van der Waals surface area contributed by atoms with Gasteiger partial charge in [-0.3, -0.25) is 0 Å². The van der Waals surface area contributed by atoms with E-state index < -0.39 is 5.97 Å². The first-order valence-electron chi connectivity index (χ1n) is 7.70. The standard InChI is InChI=1S/C19H15N5O2/c1-11-4-2-6-13(8-11)18(25)26-14-7-3-5-12(9-14)16-15(10-20)17(21)24-19(22)23-16/h2-9H,1H3,(H4,21,22,23,24). The number of nitrogens with zero attached hydrogens (tertiary/aromatic N) is 3. The fraction of sp³-hybridized carbons (Fsp3) is 0.0526. The van der Waals surface area contributed by atoms with Crippen molar-refractivity contribution >= 4 is 17.7 Å². The number of aromatic nitrogens is 2. The molecule has 0 aliphatic heterocycles. The van der Waals surface area contributed by atoms with E-state index in [-0.39, 0.29) is 23.0 Å². The van der Waals surface area contributed by atoms with Crippen LogP contribution in [0, 0.1) is 18.3 Å². The molecule has 0 atom stereocenters. The molecule has 2 aromatic carbocycles. The van der Waals surface area contributed by atoms with Crippen LogP contribution < -0.4 is 16.2 Å². The lowest BCUT2D eigenvalue weighted by Crippen LogP contribution is -2.09. The summed E-state index contributed by atoms with van der Waals surface area (Å²) in [5, 5.41) is 9.30. The number of nitriles is 1. The molecular formula is C19H15N5O2. The summed E-state index contributed by atoms with van der Waals surface area (Å²) in [6.45, 7) is 1.89.